The van der Waals surface area contributed by atoms with Crippen LogP contribution >= 0.6 is 0 Å². The van der Waals surface area contributed by atoms with Crippen LogP contribution in [0.15, 0.2) is 35.1 Å². The molecule has 4 N–H and O–H groups in total. The number of carbonyl (C=O) groups excluding carboxylic acids is 1. The number of aromatic nitrogens is 2. The first-order valence-electron chi connectivity index (χ1n) is 5.95. The fraction of sp³-hybridized carbons (Fsp3) is 0.0714. The van der Waals surface area contributed by atoms with E-state index in [9.17, 15) is 14.0 Å². The van der Waals surface area contributed by atoms with Crippen LogP contribution in [-0.2, 0) is 0 Å². The Kier molecular flexibility index (Phi) is 4.43. The molecular weight excluding hydrogens is 275 g/mol. The summed E-state index contributed by atoms with van der Waals surface area (Å²) < 4.78 is 13.7. The van der Waals surface area contributed by atoms with E-state index < -0.39 is 11.7 Å². The molecule has 7 heteroatoms. The Balaban J connectivity index is 2.18. The smallest absolute Gasteiger partial charge is 0.264 e. The fourth-order valence-corrected chi connectivity index (χ4v) is 1.51. The minimum atomic E-state index is -0.613. The fourth-order valence-electron chi connectivity index (χ4n) is 1.51. The number of hydrogen-bond donors (Lipinski definition) is 3. The first kappa shape index (κ1) is 14.4. The number of halogens is 1. The topological polar surface area (TPSA) is 101 Å². The lowest BCUT2D eigenvalue weighted by Gasteiger charge is -2.04. The van der Waals surface area contributed by atoms with E-state index in [0.29, 0.717) is 0 Å². The number of nitrogens with zero attached hydrogens (tertiary/aromatic N) is 1. The summed E-state index contributed by atoms with van der Waals surface area (Å²) in [6.45, 7) is 0.125. The maximum atomic E-state index is 13.7. The molecule has 1 heterocycles. The van der Waals surface area contributed by atoms with Gasteiger partial charge >= 0.3 is 0 Å². The minimum Gasteiger partial charge on any atom is -0.320 e. The third-order valence-electron chi connectivity index (χ3n) is 2.48. The van der Waals surface area contributed by atoms with Gasteiger partial charge in [-0.3, -0.25) is 9.59 Å². The summed E-state index contributed by atoms with van der Waals surface area (Å²) >= 11 is 0. The summed E-state index contributed by atoms with van der Waals surface area (Å²) in [6, 6.07) is 6.46. The number of aromatic amines is 1. The SMILES string of the molecule is NCC#Cc1ccc(C(=O)Nc2ccc(=O)[nH]n2)cc1F. The second-order valence-electron chi connectivity index (χ2n) is 3.96. The van der Waals surface area contributed by atoms with Crippen molar-refractivity contribution in [3.05, 3.63) is 57.6 Å². The second kappa shape index (κ2) is 6.45. The van der Waals surface area contributed by atoms with E-state index in [0.717, 1.165) is 6.07 Å². The quantitative estimate of drug-likeness (QED) is 0.699. The first-order chi connectivity index (χ1) is 10.1. The zero-order valence-corrected chi connectivity index (χ0v) is 10.8. The molecule has 0 fully saturated rings. The van der Waals surface area contributed by atoms with Crippen molar-refractivity contribution in [1.29, 1.82) is 0 Å². The molecule has 0 radical (unpaired) electrons. The number of amides is 1. The lowest BCUT2D eigenvalue weighted by molar-refractivity contribution is 0.102. The molecule has 21 heavy (non-hydrogen) atoms. The predicted molar refractivity (Wildman–Crippen MR) is 75.1 cm³/mol. The van der Waals surface area contributed by atoms with Gasteiger partial charge in [-0.05, 0) is 24.3 Å². The van der Waals surface area contributed by atoms with E-state index in [1.807, 2.05) is 0 Å². The van der Waals surface area contributed by atoms with Crippen LogP contribution in [-0.4, -0.2) is 22.6 Å². The highest BCUT2D eigenvalue weighted by atomic mass is 19.1. The molecule has 1 amide bonds. The predicted octanol–water partition coefficient (Wildman–Crippen LogP) is 0.471. The van der Waals surface area contributed by atoms with Crippen molar-refractivity contribution in [2.24, 2.45) is 5.73 Å². The van der Waals surface area contributed by atoms with Crippen LogP contribution in [0.2, 0.25) is 0 Å². The Bertz CT molecular complexity index is 769. The second-order valence-corrected chi connectivity index (χ2v) is 3.96. The van der Waals surface area contributed by atoms with E-state index in [2.05, 4.69) is 27.4 Å². The Labute approximate surface area is 119 Å². The molecule has 106 valence electrons. The van der Waals surface area contributed by atoms with Crippen LogP contribution in [0, 0.1) is 17.7 Å². The Morgan fingerprint density at radius 2 is 2.19 bits per heavy atom. The summed E-state index contributed by atoms with van der Waals surface area (Å²) in [5.74, 6) is 4.09. The summed E-state index contributed by atoms with van der Waals surface area (Å²) in [7, 11) is 0. The van der Waals surface area contributed by atoms with Crippen molar-refractivity contribution in [3.8, 4) is 11.8 Å². The molecule has 1 aromatic heterocycles. The standard InChI is InChI=1S/C14H11FN4O2/c15-11-8-10(4-3-9(11)2-1-7-16)14(21)17-12-5-6-13(20)19-18-12/h3-6,8H,7,16H2,(H,19,20)(H,17,18,21). The monoisotopic (exact) mass is 286 g/mol. The molecule has 0 aliphatic rings. The molecule has 0 unspecified atom stereocenters. The zero-order valence-electron chi connectivity index (χ0n) is 10.8. The van der Waals surface area contributed by atoms with Crippen LogP contribution in [0.3, 0.4) is 0 Å². The van der Waals surface area contributed by atoms with Crippen molar-refractivity contribution in [2.75, 3.05) is 11.9 Å². The summed E-state index contributed by atoms with van der Waals surface area (Å²) in [5, 5.41) is 8.23. The van der Waals surface area contributed by atoms with E-state index in [1.54, 1.807) is 0 Å². The van der Waals surface area contributed by atoms with Gasteiger partial charge in [0.2, 0.25) is 0 Å². The van der Waals surface area contributed by atoms with E-state index in [4.69, 9.17) is 5.73 Å². The van der Waals surface area contributed by atoms with Crippen LogP contribution in [0.5, 0.6) is 0 Å². The van der Waals surface area contributed by atoms with Crippen molar-refractivity contribution >= 4 is 11.7 Å². The average Bonchev–Trinajstić information content (AvgIpc) is 2.48. The molecule has 0 spiro atoms. The molecule has 0 saturated carbocycles. The highest BCUT2D eigenvalue weighted by Crippen LogP contribution is 2.11. The van der Waals surface area contributed by atoms with Gasteiger partial charge in [-0.25, -0.2) is 9.49 Å². The van der Waals surface area contributed by atoms with E-state index in [-0.39, 0.29) is 29.0 Å². The Morgan fingerprint density at radius 3 is 2.81 bits per heavy atom. The van der Waals surface area contributed by atoms with E-state index >= 15 is 0 Å². The molecule has 0 aliphatic carbocycles. The largest absolute Gasteiger partial charge is 0.320 e. The lowest BCUT2D eigenvalue weighted by atomic mass is 10.1. The van der Waals surface area contributed by atoms with Gasteiger partial charge in [-0.1, -0.05) is 11.8 Å². The van der Waals surface area contributed by atoms with Gasteiger partial charge in [0.25, 0.3) is 11.5 Å². The third kappa shape index (κ3) is 3.75. The zero-order chi connectivity index (χ0) is 15.2. The number of H-pyrrole nitrogens is 1. The number of hydrogen-bond acceptors (Lipinski definition) is 4. The highest BCUT2D eigenvalue weighted by molar-refractivity contribution is 6.03. The molecule has 2 rings (SSSR count). The molecule has 6 nitrogen and oxygen atoms in total. The van der Waals surface area contributed by atoms with Gasteiger partial charge in [-0.2, -0.15) is 5.10 Å². The number of anilines is 1. The van der Waals surface area contributed by atoms with Crippen molar-refractivity contribution in [2.45, 2.75) is 0 Å². The first-order valence-corrected chi connectivity index (χ1v) is 5.95. The minimum absolute atomic E-state index is 0.110. The maximum Gasteiger partial charge on any atom is 0.264 e. The van der Waals surface area contributed by atoms with Gasteiger partial charge in [0.05, 0.1) is 12.1 Å². The molecule has 1 aromatic carbocycles. The molecule has 0 saturated heterocycles. The number of nitrogens with two attached hydrogens (primary N) is 1. The average molecular weight is 286 g/mol. The van der Waals surface area contributed by atoms with Crippen molar-refractivity contribution in [3.63, 3.8) is 0 Å². The highest BCUT2D eigenvalue weighted by Gasteiger charge is 2.10. The molecular formula is C14H11FN4O2. The number of nitrogens with one attached hydrogen (secondary N) is 2. The van der Waals surface area contributed by atoms with Gasteiger partial charge in [0.15, 0.2) is 5.82 Å². The van der Waals surface area contributed by atoms with Crippen LogP contribution < -0.4 is 16.6 Å². The Morgan fingerprint density at radius 1 is 1.38 bits per heavy atom. The van der Waals surface area contributed by atoms with Crippen molar-refractivity contribution in [1.82, 2.24) is 10.2 Å². The number of carbonyl (C=O) groups is 1. The summed E-state index contributed by atoms with van der Waals surface area (Å²) in [6.07, 6.45) is 0. The van der Waals surface area contributed by atoms with Gasteiger partial charge in [-0.15, -0.1) is 0 Å². The molecule has 0 atom stereocenters. The molecule has 0 aliphatic heterocycles. The van der Waals surface area contributed by atoms with Crippen LogP contribution in [0.25, 0.3) is 0 Å². The van der Waals surface area contributed by atoms with Crippen molar-refractivity contribution < 1.29 is 9.18 Å². The normalized spacial score (nSPS) is 9.62. The van der Waals surface area contributed by atoms with Gasteiger partial charge in [0.1, 0.15) is 5.82 Å². The summed E-state index contributed by atoms with van der Waals surface area (Å²) in [4.78, 5) is 22.8. The van der Waals surface area contributed by atoms with Crippen LogP contribution in [0.4, 0.5) is 10.2 Å². The number of rotatable bonds is 2. The van der Waals surface area contributed by atoms with Gasteiger partial charge < -0.3 is 11.1 Å². The van der Waals surface area contributed by atoms with Crippen LogP contribution in [0.1, 0.15) is 15.9 Å². The Hall–Kier alpha value is -2.98. The third-order valence-corrected chi connectivity index (χ3v) is 2.48. The molecule has 2 aromatic rings. The summed E-state index contributed by atoms with van der Waals surface area (Å²) in [5.41, 5.74) is 5.10. The molecule has 0 bridgehead atoms. The lowest BCUT2D eigenvalue weighted by Crippen LogP contribution is -2.16. The number of benzene rings is 1. The van der Waals surface area contributed by atoms with E-state index in [1.165, 1.54) is 24.3 Å². The maximum absolute atomic E-state index is 13.7. The van der Waals surface area contributed by atoms with Gasteiger partial charge in [0, 0.05) is 11.6 Å².